The molecule has 0 aromatic carbocycles. The Morgan fingerprint density at radius 2 is 2.00 bits per heavy atom. The van der Waals surface area contributed by atoms with Gasteiger partial charge in [0.25, 0.3) is 0 Å². The zero-order chi connectivity index (χ0) is 8.43. The molecule has 1 heteroatoms. The van der Waals surface area contributed by atoms with Crippen molar-refractivity contribution >= 4 is 0 Å². The molecule has 0 spiro atoms. The van der Waals surface area contributed by atoms with Crippen molar-refractivity contribution in [2.45, 2.75) is 39.7 Å². The molecule has 0 radical (unpaired) electrons. The van der Waals surface area contributed by atoms with Crippen LogP contribution in [-0.4, -0.2) is 24.5 Å². The molecule has 1 nitrogen and oxygen atoms in total. The van der Waals surface area contributed by atoms with Gasteiger partial charge in [-0.25, -0.2) is 0 Å². The van der Waals surface area contributed by atoms with E-state index in [-0.39, 0.29) is 0 Å². The van der Waals surface area contributed by atoms with Crippen molar-refractivity contribution in [3.63, 3.8) is 0 Å². The van der Waals surface area contributed by atoms with Gasteiger partial charge in [-0.15, -0.1) is 0 Å². The highest BCUT2D eigenvalue weighted by molar-refractivity contribution is 4.82. The maximum absolute atomic E-state index is 2.49. The standard InChI is InChI=1S/C10H21N/c1-5-10-8(2)6-7-11(4)9(10)3/h8-10H,5-7H2,1-4H3. The van der Waals surface area contributed by atoms with Gasteiger partial charge in [0.05, 0.1) is 0 Å². The van der Waals surface area contributed by atoms with E-state index in [1.807, 2.05) is 0 Å². The molecule has 1 rings (SSSR count). The molecule has 0 saturated carbocycles. The van der Waals surface area contributed by atoms with Gasteiger partial charge in [-0.05, 0) is 38.8 Å². The first-order chi connectivity index (χ1) is 5.16. The molecule has 0 N–H and O–H groups in total. The van der Waals surface area contributed by atoms with Gasteiger partial charge >= 0.3 is 0 Å². The second kappa shape index (κ2) is 3.57. The predicted molar refractivity (Wildman–Crippen MR) is 49.7 cm³/mol. The molecule has 1 aliphatic heterocycles. The van der Waals surface area contributed by atoms with Crippen LogP contribution in [0.2, 0.25) is 0 Å². The molecule has 1 fully saturated rings. The maximum Gasteiger partial charge on any atom is 0.00945 e. The monoisotopic (exact) mass is 155 g/mol. The second-order valence-electron chi connectivity index (χ2n) is 4.06. The van der Waals surface area contributed by atoms with Crippen molar-refractivity contribution in [3.05, 3.63) is 0 Å². The van der Waals surface area contributed by atoms with Crippen molar-refractivity contribution in [1.82, 2.24) is 4.90 Å². The first-order valence-corrected chi connectivity index (χ1v) is 4.87. The van der Waals surface area contributed by atoms with E-state index < -0.39 is 0 Å². The average molecular weight is 155 g/mol. The molecule has 1 saturated heterocycles. The first-order valence-electron chi connectivity index (χ1n) is 4.87. The summed E-state index contributed by atoms with van der Waals surface area (Å²) in [5.41, 5.74) is 0. The Bertz CT molecular complexity index is 122. The molecule has 3 atom stereocenters. The topological polar surface area (TPSA) is 3.24 Å². The number of nitrogens with zero attached hydrogens (tertiary/aromatic N) is 1. The highest BCUT2D eigenvalue weighted by Gasteiger charge is 2.29. The fourth-order valence-electron chi connectivity index (χ4n) is 2.37. The van der Waals surface area contributed by atoms with E-state index in [2.05, 4.69) is 32.7 Å². The van der Waals surface area contributed by atoms with E-state index in [1.165, 1.54) is 19.4 Å². The summed E-state index contributed by atoms with van der Waals surface area (Å²) < 4.78 is 0. The van der Waals surface area contributed by atoms with Crippen LogP contribution in [0.3, 0.4) is 0 Å². The number of piperidine rings is 1. The van der Waals surface area contributed by atoms with Gasteiger partial charge in [-0.2, -0.15) is 0 Å². The summed E-state index contributed by atoms with van der Waals surface area (Å²) in [7, 11) is 2.25. The van der Waals surface area contributed by atoms with Crippen LogP contribution in [0.1, 0.15) is 33.6 Å². The van der Waals surface area contributed by atoms with Crippen molar-refractivity contribution in [2.75, 3.05) is 13.6 Å². The van der Waals surface area contributed by atoms with Crippen molar-refractivity contribution < 1.29 is 0 Å². The highest BCUT2D eigenvalue weighted by Crippen LogP contribution is 2.29. The molecule has 1 aliphatic rings. The number of hydrogen-bond acceptors (Lipinski definition) is 1. The largest absolute Gasteiger partial charge is 0.303 e. The molecule has 3 unspecified atom stereocenters. The molecule has 1 heterocycles. The van der Waals surface area contributed by atoms with Crippen LogP contribution < -0.4 is 0 Å². The quantitative estimate of drug-likeness (QED) is 0.562. The Morgan fingerprint density at radius 1 is 1.36 bits per heavy atom. The zero-order valence-electron chi connectivity index (χ0n) is 8.30. The van der Waals surface area contributed by atoms with Crippen LogP contribution in [-0.2, 0) is 0 Å². The van der Waals surface area contributed by atoms with Gasteiger partial charge in [0.1, 0.15) is 0 Å². The molecule has 0 bridgehead atoms. The van der Waals surface area contributed by atoms with Crippen LogP contribution in [0, 0.1) is 11.8 Å². The molecule has 0 aromatic heterocycles. The summed E-state index contributed by atoms with van der Waals surface area (Å²) >= 11 is 0. The Balaban J connectivity index is 2.55. The zero-order valence-corrected chi connectivity index (χ0v) is 8.30. The van der Waals surface area contributed by atoms with Crippen LogP contribution in [0.4, 0.5) is 0 Å². The lowest BCUT2D eigenvalue weighted by Gasteiger charge is -2.40. The van der Waals surface area contributed by atoms with Crippen LogP contribution in [0.25, 0.3) is 0 Å². The van der Waals surface area contributed by atoms with Gasteiger partial charge in [-0.3, -0.25) is 0 Å². The summed E-state index contributed by atoms with van der Waals surface area (Å²) in [5.74, 6) is 1.86. The van der Waals surface area contributed by atoms with Gasteiger partial charge in [0.2, 0.25) is 0 Å². The van der Waals surface area contributed by atoms with E-state index in [9.17, 15) is 0 Å². The summed E-state index contributed by atoms with van der Waals surface area (Å²) in [4.78, 5) is 2.49. The number of hydrogen-bond donors (Lipinski definition) is 0. The molecule has 11 heavy (non-hydrogen) atoms. The highest BCUT2D eigenvalue weighted by atomic mass is 15.1. The normalized spacial score (nSPS) is 40.9. The Hall–Kier alpha value is -0.0400. The number of likely N-dealkylation sites (tertiary alicyclic amines) is 1. The molecule has 0 amide bonds. The Kier molecular flexibility index (Phi) is 2.94. The van der Waals surface area contributed by atoms with Crippen LogP contribution >= 0.6 is 0 Å². The Morgan fingerprint density at radius 3 is 2.45 bits per heavy atom. The minimum Gasteiger partial charge on any atom is -0.303 e. The van der Waals surface area contributed by atoms with E-state index >= 15 is 0 Å². The smallest absolute Gasteiger partial charge is 0.00945 e. The summed E-state index contributed by atoms with van der Waals surface area (Å²) in [6, 6.07) is 0.795. The molecule has 0 aliphatic carbocycles. The van der Waals surface area contributed by atoms with E-state index in [4.69, 9.17) is 0 Å². The molecule has 66 valence electrons. The fourth-order valence-corrected chi connectivity index (χ4v) is 2.37. The van der Waals surface area contributed by atoms with Crippen molar-refractivity contribution in [3.8, 4) is 0 Å². The summed E-state index contributed by atoms with van der Waals surface area (Å²) in [6.07, 6.45) is 2.73. The summed E-state index contributed by atoms with van der Waals surface area (Å²) in [6.45, 7) is 8.37. The van der Waals surface area contributed by atoms with Crippen molar-refractivity contribution in [1.29, 1.82) is 0 Å². The minimum absolute atomic E-state index is 0.795. The SMILES string of the molecule is CCC1C(C)CCN(C)C1C. The third-order valence-electron chi connectivity index (χ3n) is 3.45. The van der Waals surface area contributed by atoms with Crippen LogP contribution in [0.5, 0.6) is 0 Å². The van der Waals surface area contributed by atoms with Gasteiger partial charge in [-0.1, -0.05) is 20.3 Å². The third kappa shape index (κ3) is 1.76. The lowest BCUT2D eigenvalue weighted by atomic mass is 9.80. The average Bonchev–Trinajstić information content (AvgIpc) is 1.99. The third-order valence-corrected chi connectivity index (χ3v) is 3.45. The predicted octanol–water partition coefficient (Wildman–Crippen LogP) is 2.37. The lowest BCUT2D eigenvalue weighted by Crippen LogP contribution is -2.44. The van der Waals surface area contributed by atoms with Gasteiger partial charge in [0, 0.05) is 6.04 Å². The second-order valence-corrected chi connectivity index (χ2v) is 4.06. The minimum atomic E-state index is 0.795. The Labute approximate surface area is 70.8 Å². The van der Waals surface area contributed by atoms with Crippen LogP contribution in [0.15, 0.2) is 0 Å². The molecule has 0 aromatic rings. The first kappa shape index (κ1) is 9.05. The summed E-state index contributed by atoms with van der Waals surface area (Å²) in [5, 5.41) is 0. The lowest BCUT2D eigenvalue weighted by molar-refractivity contribution is 0.0859. The van der Waals surface area contributed by atoms with E-state index in [0.717, 1.165) is 17.9 Å². The maximum atomic E-state index is 2.49. The van der Waals surface area contributed by atoms with E-state index in [1.54, 1.807) is 0 Å². The van der Waals surface area contributed by atoms with Gasteiger partial charge in [0.15, 0.2) is 0 Å². The van der Waals surface area contributed by atoms with E-state index in [0.29, 0.717) is 0 Å². The molecular formula is C10H21N. The van der Waals surface area contributed by atoms with Crippen molar-refractivity contribution in [2.24, 2.45) is 11.8 Å². The molecular weight excluding hydrogens is 134 g/mol. The number of rotatable bonds is 1. The fraction of sp³-hybridized carbons (Fsp3) is 1.00. The van der Waals surface area contributed by atoms with Gasteiger partial charge < -0.3 is 4.90 Å².